The average Bonchev–Trinajstić information content (AvgIpc) is 2.38. The van der Waals surface area contributed by atoms with Crippen molar-refractivity contribution in [1.29, 1.82) is 0 Å². The predicted molar refractivity (Wildman–Crippen MR) is 80.0 cm³/mol. The first kappa shape index (κ1) is 15.3. The Morgan fingerprint density at radius 3 is 2.30 bits per heavy atom. The second-order valence-corrected chi connectivity index (χ2v) is 7.84. The third-order valence-corrected chi connectivity index (χ3v) is 6.15. The van der Waals surface area contributed by atoms with Crippen molar-refractivity contribution in [3.63, 3.8) is 0 Å². The van der Waals surface area contributed by atoms with Crippen LogP contribution in [0.3, 0.4) is 0 Å². The topological polar surface area (TPSA) is 54.4 Å². The third kappa shape index (κ3) is 2.81. The van der Waals surface area contributed by atoms with E-state index in [2.05, 4.69) is 0 Å². The van der Waals surface area contributed by atoms with Gasteiger partial charge in [-0.1, -0.05) is 37.6 Å². The fraction of sp³-hybridized carbons (Fsp3) is 0.500. The highest BCUT2D eigenvalue weighted by atomic mass is 32.2. The van der Waals surface area contributed by atoms with E-state index >= 15 is 0 Å². The zero-order valence-electron chi connectivity index (χ0n) is 12.2. The van der Waals surface area contributed by atoms with Gasteiger partial charge in [0.25, 0.3) is 0 Å². The summed E-state index contributed by atoms with van der Waals surface area (Å²) in [7, 11) is -3.40. The highest BCUT2D eigenvalue weighted by Gasteiger charge is 2.32. The van der Waals surface area contributed by atoms with E-state index in [9.17, 15) is 13.5 Å². The van der Waals surface area contributed by atoms with E-state index in [1.807, 2.05) is 39.0 Å². The van der Waals surface area contributed by atoms with Crippen LogP contribution in [0.5, 0.6) is 0 Å². The molecule has 1 aliphatic carbocycles. The zero-order valence-corrected chi connectivity index (χ0v) is 13.0. The molecule has 1 aromatic rings. The van der Waals surface area contributed by atoms with Crippen LogP contribution in [0.1, 0.15) is 25.8 Å². The molecule has 3 atom stereocenters. The van der Waals surface area contributed by atoms with Gasteiger partial charge in [-0.2, -0.15) is 0 Å². The van der Waals surface area contributed by atoms with Crippen LogP contribution in [0.25, 0.3) is 0 Å². The lowest BCUT2D eigenvalue weighted by molar-refractivity contribution is 0.146. The molecule has 4 heteroatoms. The van der Waals surface area contributed by atoms with Crippen LogP contribution in [0, 0.1) is 24.7 Å². The standard InChI is InChI=1S/C16H22O3S/c1-11-4-6-14(7-5-11)20(18,19)15-8-12(2)16(10-17)13(3)9-15/h4-8,12-13,16-17H,9-10H2,1-3H3/t12-,13-,16-/m1/s1. The van der Waals surface area contributed by atoms with Gasteiger partial charge >= 0.3 is 0 Å². The lowest BCUT2D eigenvalue weighted by Crippen LogP contribution is -2.28. The van der Waals surface area contributed by atoms with Crippen LogP contribution in [0.4, 0.5) is 0 Å². The van der Waals surface area contributed by atoms with Gasteiger partial charge in [0.05, 0.1) is 4.90 Å². The Morgan fingerprint density at radius 1 is 1.20 bits per heavy atom. The Bertz CT molecular complexity index is 599. The van der Waals surface area contributed by atoms with Crippen LogP contribution < -0.4 is 0 Å². The van der Waals surface area contributed by atoms with Gasteiger partial charge in [-0.15, -0.1) is 0 Å². The molecular weight excluding hydrogens is 272 g/mol. The molecule has 0 amide bonds. The van der Waals surface area contributed by atoms with E-state index in [1.165, 1.54) is 0 Å². The fourth-order valence-corrected chi connectivity index (χ4v) is 4.56. The molecule has 2 rings (SSSR count). The molecule has 0 bridgehead atoms. The maximum absolute atomic E-state index is 12.7. The summed E-state index contributed by atoms with van der Waals surface area (Å²) >= 11 is 0. The normalized spacial score (nSPS) is 27.2. The molecule has 0 aliphatic heterocycles. The van der Waals surface area contributed by atoms with Gasteiger partial charge in [0, 0.05) is 11.5 Å². The summed E-state index contributed by atoms with van der Waals surface area (Å²) in [5.74, 6) is 0.404. The van der Waals surface area contributed by atoms with Crippen molar-refractivity contribution in [2.45, 2.75) is 32.1 Å². The van der Waals surface area contributed by atoms with Gasteiger partial charge < -0.3 is 5.11 Å². The second kappa shape index (κ2) is 5.70. The zero-order chi connectivity index (χ0) is 14.9. The smallest absolute Gasteiger partial charge is 0.202 e. The van der Waals surface area contributed by atoms with Crippen molar-refractivity contribution in [2.24, 2.45) is 17.8 Å². The molecule has 0 saturated carbocycles. The molecule has 3 nitrogen and oxygen atoms in total. The van der Waals surface area contributed by atoms with Gasteiger partial charge in [-0.05, 0) is 43.2 Å². The van der Waals surface area contributed by atoms with Crippen LogP contribution in [0.2, 0.25) is 0 Å². The summed E-state index contributed by atoms with van der Waals surface area (Å²) in [5, 5.41) is 9.39. The van der Waals surface area contributed by atoms with E-state index in [0.29, 0.717) is 16.2 Å². The Hall–Kier alpha value is -1.13. The van der Waals surface area contributed by atoms with Crippen molar-refractivity contribution < 1.29 is 13.5 Å². The number of hydrogen-bond donors (Lipinski definition) is 1. The molecule has 0 heterocycles. The highest BCUT2D eigenvalue weighted by Crippen LogP contribution is 2.37. The lowest BCUT2D eigenvalue weighted by Gasteiger charge is -2.32. The third-order valence-electron chi connectivity index (χ3n) is 4.27. The molecule has 1 aliphatic rings. The maximum atomic E-state index is 12.7. The summed E-state index contributed by atoms with van der Waals surface area (Å²) in [5.41, 5.74) is 1.05. The Labute approximate surface area is 121 Å². The van der Waals surface area contributed by atoms with Gasteiger partial charge in [0.15, 0.2) is 0 Å². The molecule has 1 N–H and O–H groups in total. The number of sulfone groups is 1. The SMILES string of the molecule is Cc1ccc(S(=O)(=O)C2=C[C@@H](C)[C@@H](CO)[C@H](C)C2)cc1. The second-order valence-electron chi connectivity index (χ2n) is 5.84. The number of aliphatic hydroxyl groups is 1. The average molecular weight is 294 g/mol. The summed E-state index contributed by atoms with van der Waals surface area (Å²) in [6, 6.07) is 6.97. The van der Waals surface area contributed by atoms with E-state index in [-0.39, 0.29) is 24.4 Å². The summed E-state index contributed by atoms with van der Waals surface area (Å²) in [6.45, 7) is 6.03. The first-order chi connectivity index (χ1) is 9.36. The first-order valence-electron chi connectivity index (χ1n) is 6.99. The van der Waals surface area contributed by atoms with Gasteiger partial charge in [0.1, 0.15) is 0 Å². The van der Waals surface area contributed by atoms with Crippen molar-refractivity contribution in [1.82, 2.24) is 0 Å². The van der Waals surface area contributed by atoms with E-state index in [4.69, 9.17) is 0 Å². The molecule has 1 aromatic carbocycles. The molecule has 0 fully saturated rings. The molecule has 0 saturated heterocycles. The molecule has 20 heavy (non-hydrogen) atoms. The minimum Gasteiger partial charge on any atom is -0.396 e. The lowest BCUT2D eigenvalue weighted by atomic mass is 9.78. The largest absolute Gasteiger partial charge is 0.396 e. The maximum Gasteiger partial charge on any atom is 0.202 e. The van der Waals surface area contributed by atoms with Crippen molar-refractivity contribution in [3.05, 3.63) is 40.8 Å². The molecule has 0 radical (unpaired) electrons. The Balaban J connectivity index is 2.38. The van der Waals surface area contributed by atoms with Gasteiger partial charge in [-0.25, -0.2) is 8.42 Å². The van der Waals surface area contributed by atoms with E-state index in [1.54, 1.807) is 12.1 Å². The van der Waals surface area contributed by atoms with E-state index < -0.39 is 9.84 Å². The molecule has 0 aromatic heterocycles. The van der Waals surface area contributed by atoms with Gasteiger partial charge in [0.2, 0.25) is 9.84 Å². The minimum absolute atomic E-state index is 0.0824. The van der Waals surface area contributed by atoms with Crippen molar-refractivity contribution in [2.75, 3.05) is 6.61 Å². The number of benzene rings is 1. The number of aryl methyl sites for hydroxylation is 1. The van der Waals surface area contributed by atoms with E-state index in [0.717, 1.165) is 5.56 Å². The van der Waals surface area contributed by atoms with Crippen LogP contribution in [-0.4, -0.2) is 20.1 Å². The minimum atomic E-state index is -3.40. The quantitative estimate of drug-likeness (QED) is 0.932. The van der Waals surface area contributed by atoms with Crippen LogP contribution >= 0.6 is 0 Å². The molecule has 0 unspecified atom stereocenters. The summed E-state index contributed by atoms with van der Waals surface area (Å²) in [4.78, 5) is 0.849. The van der Waals surface area contributed by atoms with Crippen molar-refractivity contribution in [3.8, 4) is 0 Å². The van der Waals surface area contributed by atoms with Crippen LogP contribution in [-0.2, 0) is 9.84 Å². The number of rotatable bonds is 3. The predicted octanol–water partition coefficient (Wildman–Crippen LogP) is 2.94. The Kier molecular flexibility index (Phi) is 4.35. The summed E-state index contributed by atoms with van der Waals surface area (Å²) in [6.07, 6.45) is 2.32. The number of aliphatic hydroxyl groups excluding tert-OH is 1. The first-order valence-corrected chi connectivity index (χ1v) is 8.48. The number of allylic oxidation sites excluding steroid dienone is 2. The van der Waals surface area contributed by atoms with Crippen LogP contribution in [0.15, 0.2) is 40.1 Å². The highest BCUT2D eigenvalue weighted by molar-refractivity contribution is 7.95. The number of hydrogen-bond acceptors (Lipinski definition) is 3. The van der Waals surface area contributed by atoms with Gasteiger partial charge in [-0.3, -0.25) is 0 Å². The molecular formula is C16H22O3S. The van der Waals surface area contributed by atoms with Crippen molar-refractivity contribution >= 4 is 9.84 Å². The molecule has 0 spiro atoms. The Morgan fingerprint density at radius 2 is 1.80 bits per heavy atom. The monoisotopic (exact) mass is 294 g/mol. The summed E-state index contributed by atoms with van der Waals surface area (Å²) < 4.78 is 25.3. The fourth-order valence-electron chi connectivity index (χ4n) is 2.89. The molecule has 110 valence electrons.